The van der Waals surface area contributed by atoms with Crippen molar-refractivity contribution in [3.63, 3.8) is 0 Å². The van der Waals surface area contributed by atoms with Gasteiger partial charge in [0.05, 0.1) is 12.8 Å². The average Bonchev–Trinajstić information content (AvgIpc) is 2.14. The summed E-state index contributed by atoms with van der Waals surface area (Å²) in [5.41, 5.74) is 0. The first kappa shape index (κ1) is 12.3. The Morgan fingerprint density at radius 2 is 1.62 bits per heavy atom. The lowest BCUT2D eigenvalue weighted by Gasteiger charge is -2.23. The van der Waals surface area contributed by atoms with Crippen molar-refractivity contribution >= 4 is 6.21 Å². The average molecular weight is 195 g/mol. The van der Waals surface area contributed by atoms with Crippen molar-refractivity contribution in [1.82, 2.24) is 0 Å². The molecule has 7 heteroatoms. The zero-order valence-corrected chi connectivity index (χ0v) is 6.72. The second-order valence-corrected chi connectivity index (χ2v) is 2.49. The first-order valence-electron chi connectivity index (χ1n) is 3.55. The molecule has 13 heavy (non-hydrogen) atoms. The van der Waals surface area contributed by atoms with Gasteiger partial charge in [0, 0.05) is 0 Å². The van der Waals surface area contributed by atoms with Crippen LogP contribution in [-0.4, -0.2) is 68.0 Å². The van der Waals surface area contributed by atoms with Crippen molar-refractivity contribution < 1.29 is 30.7 Å². The Kier molecular flexibility index (Phi) is 5.51. The van der Waals surface area contributed by atoms with Gasteiger partial charge in [-0.3, -0.25) is 0 Å². The van der Waals surface area contributed by atoms with Gasteiger partial charge in [-0.05, 0) is 0 Å². The number of aliphatic hydroxyl groups is 5. The molecule has 4 atom stereocenters. The molecule has 0 fully saturated rings. The van der Waals surface area contributed by atoms with Crippen LogP contribution in [0.15, 0.2) is 5.16 Å². The van der Waals surface area contributed by atoms with Crippen LogP contribution in [0.25, 0.3) is 0 Å². The SMILES string of the molecule is OC[C@@H](O)[C@@H](O)[C@@H](O)[C@@H](O)C=NO. The zero-order valence-electron chi connectivity index (χ0n) is 6.72. The van der Waals surface area contributed by atoms with Crippen molar-refractivity contribution in [3.05, 3.63) is 0 Å². The van der Waals surface area contributed by atoms with Gasteiger partial charge in [-0.2, -0.15) is 0 Å². The van der Waals surface area contributed by atoms with Crippen molar-refractivity contribution in [1.29, 1.82) is 0 Å². The summed E-state index contributed by atoms with van der Waals surface area (Å²) in [6.45, 7) is -0.749. The van der Waals surface area contributed by atoms with Crippen molar-refractivity contribution in [2.75, 3.05) is 6.61 Å². The lowest BCUT2D eigenvalue weighted by Crippen LogP contribution is -2.46. The number of nitrogens with zero attached hydrogens (tertiary/aromatic N) is 1. The molecule has 7 nitrogen and oxygen atoms in total. The van der Waals surface area contributed by atoms with Gasteiger partial charge in [0.2, 0.25) is 0 Å². The second-order valence-electron chi connectivity index (χ2n) is 2.49. The third kappa shape index (κ3) is 3.66. The maximum absolute atomic E-state index is 9.05. The molecule has 0 aliphatic rings. The molecule has 0 aromatic rings. The maximum atomic E-state index is 9.05. The van der Waals surface area contributed by atoms with Crippen molar-refractivity contribution in [2.45, 2.75) is 24.4 Å². The van der Waals surface area contributed by atoms with Gasteiger partial charge >= 0.3 is 0 Å². The summed E-state index contributed by atoms with van der Waals surface area (Å²) >= 11 is 0. The monoisotopic (exact) mass is 195 g/mol. The molecule has 6 N–H and O–H groups in total. The minimum absolute atomic E-state index is 0.581. The maximum Gasteiger partial charge on any atom is 0.121 e. The van der Waals surface area contributed by atoms with Gasteiger partial charge in [-0.25, -0.2) is 0 Å². The second kappa shape index (κ2) is 5.84. The Morgan fingerprint density at radius 3 is 2.00 bits per heavy atom. The first-order valence-corrected chi connectivity index (χ1v) is 3.55. The molecule has 0 radical (unpaired) electrons. The van der Waals surface area contributed by atoms with E-state index in [9.17, 15) is 0 Å². The van der Waals surface area contributed by atoms with Crippen LogP contribution in [-0.2, 0) is 0 Å². The van der Waals surface area contributed by atoms with Gasteiger partial charge in [0.25, 0.3) is 0 Å². The van der Waals surface area contributed by atoms with E-state index in [1.54, 1.807) is 0 Å². The van der Waals surface area contributed by atoms with Crippen LogP contribution in [0.3, 0.4) is 0 Å². The van der Waals surface area contributed by atoms with Gasteiger partial charge in [-0.1, -0.05) is 5.16 Å². The van der Waals surface area contributed by atoms with E-state index in [2.05, 4.69) is 5.16 Å². The van der Waals surface area contributed by atoms with E-state index in [-0.39, 0.29) is 0 Å². The van der Waals surface area contributed by atoms with E-state index < -0.39 is 31.0 Å². The smallest absolute Gasteiger partial charge is 0.121 e. The molecule has 0 aromatic carbocycles. The predicted molar refractivity (Wildman–Crippen MR) is 41.4 cm³/mol. The van der Waals surface area contributed by atoms with Gasteiger partial charge in [0.1, 0.15) is 24.4 Å². The van der Waals surface area contributed by atoms with Crippen LogP contribution < -0.4 is 0 Å². The molecule has 0 rings (SSSR count). The molecular weight excluding hydrogens is 182 g/mol. The van der Waals surface area contributed by atoms with E-state index in [4.69, 9.17) is 30.7 Å². The van der Waals surface area contributed by atoms with E-state index >= 15 is 0 Å². The molecular formula is C6H13NO6. The van der Waals surface area contributed by atoms with Gasteiger partial charge in [0.15, 0.2) is 0 Å². The minimum Gasteiger partial charge on any atom is -0.411 e. The molecule has 0 bridgehead atoms. The molecule has 0 aliphatic heterocycles. The highest BCUT2D eigenvalue weighted by atomic mass is 16.4. The summed E-state index contributed by atoms with van der Waals surface area (Å²) in [5.74, 6) is 0. The molecule has 0 unspecified atom stereocenters. The standard InChI is InChI=1S/C6H13NO6/c8-2-4(10)6(12)5(11)3(9)1-7-13/h1,3-6,8-13H,2H2/t3-,4+,5-,6+/m0/s1. The van der Waals surface area contributed by atoms with E-state index in [0.717, 1.165) is 0 Å². The summed E-state index contributed by atoms with van der Waals surface area (Å²) < 4.78 is 0. The molecule has 0 saturated heterocycles. The van der Waals surface area contributed by atoms with Crippen molar-refractivity contribution in [3.8, 4) is 0 Å². The normalized spacial score (nSPS) is 21.3. The molecule has 0 spiro atoms. The highest BCUT2D eigenvalue weighted by molar-refractivity contribution is 5.62. The van der Waals surface area contributed by atoms with E-state index in [0.29, 0.717) is 6.21 Å². The fourth-order valence-corrected chi connectivity index (χ4v) is 0.694. The lowest BCUT2D eigenvalue weighted by atomic mass is 10.0. The highest BCUT2D eigenvalue weighted by Crippen LogP contribution is 2.03. The van der Waals surface area contributed by atoms with Crippen LogP contribution in [0.4, 0.5) is 0 Å². The molecule has 0 amide bonds. The summed E-state index contributed by atoms with van der Waals surface area (Å²) in [6, 6.07) is 0. The number of aliphatic hydroxyl groups excluding tert-OH is 5. The summed E-state index contributed by atoms with van der Waals surface area (Å²) in [7, 11) is 0. The fourth-order valence-electron chi connectivity index (χ4n) is 0.694. The van der Waals surface area contributed by atoms with Gasteiger partial charge in [-0.15, -0.1) is 0 Å². The fraction of sp³-hybridized carbons (Fsp3) is 0.833. The van der Waals surface area contributed by atoms with E-state index in [1.807, 2.05) is 0 Å². The van der Waals surface area contributed by atoms with Crippen LogP contribution in [0, 0.1) is 0 Å². The predicted octanol–water partition coefficient (Wildman–Crippen LogP) is -3.12. The third-order valence-corrected chi connectivity index (χ3v) is 1.50. The highest BCUT2D eigenvalue weighted by Gasteiger charge is 2.29. The largest absolute Gasteiger partial charge is 0.411 e. The number of rotatable bonds is 5. The Bertz CT molecular complexity index is 163. The quantitative estimate of drug-likeness (QED) is 0.156. The minimum atomic E-state index is -1.72. The summed E-state index contributed by atoms with van der Waals surface area (Å²) in [6.07, 6.45) is -6.02. The molecule has 0 aromatic heterocycles. The summed E-state index contributed by atoms with van der Waals surface area (Å²) in [5, 5.41) is 54.6. The lowest BCUT2D eigenvalue weighted by molar-refractivity contribution is -0.100. The molecule has 0 heterocycles. The summed E-state index contributed by atoms with van der Waals surface area (Å²) in [4.78, 5) is 0. The Morgan fingerprint density at radius 1 is 1.08 bits per heavy atom. The number of hydrogen-bond donors (Lipinski definition) is 6. The van der Waals surface area contributed by atoms with Crippen LogP contribution >= 0.6 is 0 Å². The topological polar surface area (TPSA) is 134 Å². The first-order chi connectivity index (χ1) is 6.04. The van der Waals surface area contributed by atoms with Crippen LogP contribution in [0.1, 0.15) is 0 Å². The Hall–Kier alpha value is -0.730. The Labute approximate surface area is 74.2 Å². The molecule has 0 aliphatic carbocycles. The van der Waals surface area contributed by atoms with Crippen molar-refractivity contribution in [2.24, 2.45) is 5.16 Å². The van der Waals surface area contributed by atoms with Gasteiger partial charge < -0.3 is 30.7 Å². The Balaban J connectivity index is 4.15. The molecule has 0 saturated carbocycles. The molecule has 78 valence electrons. The third-order valence-electron chi connectivity index (χ3n) is 1.50. The number of oxime groups is 1. The van der Waals surface area contributed by atoms with Crippen LogP contribution in [0.2, 0.25) is 0 Å². The van der Waals surface area contributed by atoms with Crippen LogP contribution in [0.5, 0.6) is 0 Å². The van der Waals surface area contributed by atoms with E-state index in [1.165, 1.54) is 0 Å². The zero-order chi connectivity index (χ0) is 10.4. The number of hydrogen-bond acceptors (Lipinski definition) is 7.